The van der Waals surface area contributed by atoms with Crippen molar-refractivity contribution < 1.29 is 38.9 Å². The fourth-order valence-electron chi connectivity index (χ4n) is 6.38. The number of carboxylic acids is 2. The Morgan fingerprint density at radius 3 is 2.16 bits per heavy atom. The van der Waals surface area contributed by atoms with Crippen molar-refractivity contribution in [3.05, 3.63) is 114 Å². The molecule has 0 spiro atoms. The van der Waals surface area contributed by atoms with Gasteiger partial charge in [0.2, 0.25) is 5.91 Å². The monoisotopic (exact) mass is 697 g/mol. The molecule has 3 aromatic carbocycles. The second-order valence-electron chi connectivity index (χ2n) is 12.4. The van der Waals surface area contributed by atoms with E-state index in [-0.39, 0.29) is 19.1 Å². The molecule has 13 heteroatoms. The van der Waals surface area contributed by atoms with Crippen molar-refractivity contribution in [1.82, 2.24) is 25.3 Å². The number of amides is 4. The molecule has 3 saturated heterocycles. The molecule has 3 unspecified atom stereocenters. The lowest BCUT2D eigenvalue weighted by molar-refractivity contribution is -0.168. The first-order valence-corrected chi connectivity index (χ1v) is 17.0. The molecule has 0 bridgehead atoms. The first-order chi connectivity index (χ1) is 24.7. The van der Waals surface area contributed by atoms with E-state index in [4.69, 9.17) is 9.84 Å². The van der Waals surface area contributed by atoms with Crippen LogP contribution >= 0.6 is 0 Å². The smallest absolute Gasteiger partial charge is 0.411 e. The molecule has 3 heterocycles. The van der Waals surface area contributed by atoms with Gasteiger partial charge in [-0.2, -0.15) is 0 Å². The van der Waals surface area contributed by atoms with Gasteiger partial charge < -0.3 is 35.4 Å². The number of aliphatic carboxylic acids is 2. The van der Waals surface area contributed by atoms with E-state index in [0.29, 0.717) is 6.54 Å². The molecule has 0 aromatic heterocycles. The Hall–Kier alpha value is -5.69. The van der Waals surface area contributed by atoms with Gasteiger partial charge in [0.25, 0.3) is 0 Å². The summed E-state index contributed by atoms with van der Waals surface area (Å²) in [6.45, 7) is 4.17. The van der Waals surface area contributed by atoms with Gasteiger partial charge in [0.15, 0.2) is 0 Å². The van der Waals surface area contributed by atoms with Crippen LogP contribution in [0.5, 0.6) is 0 Å². The van der Waals surface area contributed by atoms with Crippen LogP contribution < -0.4 is 10.6 Å². The number of carbonyl (C=O) groups excluding carboxylic acids is 3. The van der Waals surface area contributed by atoms with Gasteiger partial charge in [-0.15, -0.1) is 0 Å². The molecule has 268 valence electrons. The number of piperazine rings is 1. The second-order valence-corrected chi connectivity index (χ2v) is 12.4. The van der Waals surface area contributed by atoms with Gasteiger partial charge in [-0.25, -0.2) is 14.4 Å². The highest BCUT2D eigenvalue weighted by Gasteiger charge is 2.58. The number of hydrogen-bond donors (Lipinski definition) is 4. The van der Waals surface area contributed by atoms with Gasteiger partial charge in [-0.3, -0.25) is 14.5 Å². The maximum Gasteiger partial charge on any atom is 0.411 e. The Kier molecular flexibility index (Phi) is 12.8. The average molecular weight is 698 g/mol. The number of hydrogen-bond acceptors (Lipinski definition) is 7. The van der Waals surface area contributed by atoms with E-state index >= 15 is 0 Å². The van der Waals surface area contributed by atoms with Crippen LogP contribution in [0.15, 0.2) is 97.1 Å². The molecule has 4 amide bonds. The van der Waals surface area contributed by atoms with E-state index in [1.807, 2.05) is 83.8 Å². The van der Waals surface area contributed by atoms with Gasteiger partial charge in [-0.1, -0.05) is 103 Å². The normalized spacial score (nSPS) is 20.5. The van der Waals surface area contributed by atoms with Crippen LogP contribution in [0.1, 0.15) is 35.6 Å². The summed E-state index contributed by atoms with van der Waals surface area (Å²) >= 11 is 0. The van der Waals surface area contributed by atoms with Gasteiger partial charge in [-0.05, 0) is 29.5 Å². The second kappa shape index (κ2) is 17.8. The van der Waals surface area contributed by atoms with Crippen molar-refractivity contribution in [2.24, 2.45) is 0 Å². The van der Waals surface area contributed by atoms with E-state index in [0.717, 1.165) is 48.6 Å². The summed E-state index contributed by atoms with van der Waals surface area (Å²) in [6, 6.07) is 25.1. The number of benzene rings is 3. The quantitative estimate of drug-likeness (QED) is 0.207. The summed E-state index contributed by atoms with van der Waals surface area (Å²) < 4.78 is 5.27. The molecule has 51 heavy (non-hydrogen) atoms. The third-order valence-electron chi connectivity index (χ3n) is 9.02. The summed E-state index contributed by atoms with van der Waals surface area (Å²) in [6.07, 6.45) is 3.03. The van der Waals surface area contributed by atoms with Crippen molar-refractivity contribution in [2.45, 2.75) is 43.4 Å². The number of β-lactam (4-membered cyclic amide) rings is 1. The summed E-state index contributed by atoms with van der Waals surface area (Å²) in [5.74, 6) is -3.01. The van der Waals surface area contributed by atoms with Gasteiger partial charge in [0.1, 0.15) is 18.7 Å². The minimum Gasteiger partial charge on any atom is -0.481 e. The molecule has 13 nitrogen and oxygen atoms in total. The molecule has 3 fully saturated rings. The summed E-state index contributed by atoms with van der Waals surface area (Å²) in [7, 11) is 0. The van der Waals surface area contributed by atoms with E-state index in [2.05, 4.69) is 22.8 Å². The Balaban J connectivity index is 0.000000248. The highest BCUT2D eigenvalue weighted by Crippen LogP contribution is 2.39. The van der Waals surface area contributed by atoms with Crippen molar-refractivity contribution in [2.75, 3.05) is 39.3 Å². The van der Waals surface area contributed by atoms with Crippen LogP contribution in [0.3, 0.4) is 0 Å². The Morgan fingerprint density at radius 2 is 1.53 bits per heavy atom. The number of cyclic esters (lactones) is 1. The zero-order chi connectivity index (χ0) is 36.2. The third-order valence-corrected chi connectivity index (χ3v) is 9.02. The molecule has 0 aliphatic carbocycles. The number of ether oxygens (including phenoxy) is 1. The Morgan fingerprint density at radius 1 is 0.902 bits per heavy atom. The van der Waals surface area contributed by atoms with E-state index in [9.17, 15) is 29.1 Å². The summed E-state index contributed by atoms with van der Waals surface area (Å²) in [5.41, 5.74) is 2.89. The SMILES string of the molecule is O=C(NCCc1ccccc1)N1CCNCC1.O=C(O)CCC(C(=O)O)N1C(=O)C(N2C(=O)OC[C@@H]2c2ccccc2)C1C=Cc1ccccc1. The molecule has 0 radical (unpaired) electrons. The van der Waals surface area contributed by atoms with E-state index < -0.39 is 54.5 Å². The number of carbonyl (C=O) groups is 5. The predicted octanol–water partition coefficient (Wildman–Crippen LogP) is 3.63. The molecule has 6 rings (SSSR count). The van der Waals surface area contributed by atoms with Crippen molar-refractivity contribution in [3.63, 3.8) is 0 Å². The van der Waals surface area contributed by atoms with Gasteiger partial charge in [0, 0.05) is 39.1 Å². The Bertz CT molecular complexity index is 1670. The van der Waals surface area contributed by atoms with Crippen LogP contribution in [-0.2, 0) is 25.5 Å². The minimum atomic E-state index is -1.33. The molecule has 3 aliphatic heterocycles. The Labute approximate surface area is 296 Å². The number of nitrogens with zero attached hydrogens (tertiary/aromatic N) is 3. The number of nitrogens with one attached hydrogen (secondary N) is 2. The lowest BCUT2D eigenvalue weighted by atomic mass is 9.87. The lowest BCUT2D eigenvalue weighted by Gasteiger charge is -2.51. The maximum absolute atomic E-state index is 13.3. The highest BCUT2D eigenvalue weighted by molar-refractivity contribution is 5.97. The zero-order valence-electron chi connectivity index (χ0n) is 28.2. The number of rotatable bonds is 12. The van der Waals surface area contributed by atoms with Crippen LogP contribution in [0.25, 0.3) is 6.08 Å². The maximum atomic E-state index is 13.3. The van der Waals surface area contributed by atoms with Crippen molar-refractivity contribution in [3.8, 4) is 0 Å². The fourth-order valence-corrected chi connectivity index (χ4v) is 6.38. The molecule has 4 atom stereocenters. The third kappa shape index (κ3) is 9.51. The van der Waals surface area contributed by atoms with E-state index in [1.165, 1.54) is 10.5 Å². The molecule has 4 N–H and O–H groups in total. The van der Waals surface area contributed by atoms with Crippen molar-refractivity contribution in [1.29, 1.82) is 0 Å². The molecule has 3 aromatic rings. The van der Waals surface area contributed by atoms with Gasteiger partial charge >= 0.3 is 24.1 Å². The molecular weight excluding hydrogens is 654 g/mol. The summed E-state index contributed by atoms with van der Waals surface area (Å²) in [4.78, 5) is 65.2. The highest BCUT2D eigenvalue weighted by atomic mass is 16.6. The number of likely N-dealkylation sites (tertiary alicyclic amines) is 1. The minimum absolute atomic E-state index is 0.0578. The fraction of sp³-hybridized carbons (Fsp3) is 0.342. The van der Waals surface area contributed by atoms with Crippen LogP contribution in [0.2, 0.25) is 0 Å². The van der Waals surface area contributed by atoms with E-state index in [1.54, 1.807) is 12.2 Å². The average Bonchev–Trinajstić information content (AvgIpc) is 3.53. The first-order valence-electron chi connectivity index (χ1n) is 17.0. The largest absolute Gasteiger partial charge is 0.481 e. The topological polar surface area (TPSA) is 169 Å². The molecular formula is C38H43N5O8. The number of carboxylic acid groups (broad SMARTS) is 2. The van der Waals surface area contributed by atoms with Gasteiger partial charge in [0.05, 0.1) is 12.1 Å². The zero-order valence-corrected chi connectivity index (χ0v) is 28.2. The predicted molar refractivity (Wildman–Crippen MR) is 189 cm³/mol. The number of urea groups is 1. The molecule has 3 aliphatic rings. The van der Waals surface area contributed by atoms with Crippen LogP contribution in [-0.4, -0.2) is 112 Å². The summed E-state index contributed by atoms with van der Waals surface area (Å²) in [5, 5.41) is 25.0. The first kappa shape index (κ1) is 36.6. The van der Waals surface area contributed by atoms with Crippen LogP contribution in [0.4, 0.5) is 9.59 Å². The lowest BCUT2D eigenvalue weighted by Crippen LogP contribution is -2.73. The molecule has 0 saturated carbocycles. The standard InChI is InChI=1S/C25H24N2O7.C13H19N3O/c28-21(29)14-13-19(24(31)32)26-18(12-11-16-7-3-1-4-8-16)22(23(26)30)27-20(15-34-25(27)33)17-9-5-2-6-10-17;17-13(16-10-8-14-9-11-16)15-7-6-12-4-2-1-3-5-12/h1-12,18-20,22H,13-15H2,(H,28,29)(H,31,32);1-5,14H,6-11H2,(H,15,17)/t18?,19?,20-,22?;/m1./s1. The van der Waals surface area contributed by atoms with Crippen molar-refractivity contribution >= 4 is 36.0 Å². The van der Waals surface area contributed by atoms with Crippen LogP contribution in [0, 0.1) is 0 Å².